The molecule has 0 aliphatic carbocycles. The third kappa shape index (κ3) is 13.7. The van der Waals surface area contributed by atoms with Crippen LogP contribution < -0.4 is 30.3 Å². The molecule has 240 valence electrons. The number of nitro groups is 2. The zero-order valence-corrected chi connectivity index (χ0v) is 25.9. The SMILES string of the molecule is C1CCOC1.CCOc1cc([N+](=O)[O-])cc(C=NCCNCCNCCN=Cc2cc([N+](=O)[O-])cc(OCC)c2[O-])c1[O-].[Fe+4]. The van der Waals surface area contributed by atoms with Gasteiger partial charge in [0, 0.05) is 64.0 Å². The van der Waals surface area contributed by atoms with E-state index in [-0.39, 0.29) is 64.3 Å². The van der Waals surface area contributed by atoms with E-state index in [0.29, 0.717) is 39.3 Å². The first-order valence-electron chi connectivity index (χ1n) is 14.0. The van der Waals surface area contributed by atoms with Crippen LogP contribution in [0.4, 0.5) is 11.4 Å². The second kappa shape index (κ2) is 21.8. The van der Waals surface area contributed by atoms with Crippen molar-refractivity contribution in [2.75, 3.05) is 65.7 Å². The zero-order valence-electron chi connectivity index (χ0n) is 24.8. The third-order valence-electron chi connectivity index (χ3n) is 5.76. The van der Waals surface area contributed by atoms with Gasteiger partial charge in [-0.3, -0.25) is 30.2 Å². The summed E-state index contributed by atoms with van der Waals surface area (Å²) in [6.07, 6.45) is 5.17. The molecular formula is C28H38FeN6O9+2. The van der Waals surface area contributed by atoms with Crippen LogP contribution in [0.5, 0.6) is 23.0 Å². The van der Waals surface area contributed by atoms with Gasteiger partial charge in [-0.25, -0.2) is 0 Å². The molecule has 3 rings (SSSR count). The molecule has 0 bridgehead atoms. The van der Waals surface area contributed by atoms with Crippen LogP contribution in [0.1, 0.15) is 37.8 Å². The number of non-ortho nitro benzene ring substituents is 2. The smallest absolute Gasteiger partial charge is 0.870 e. The van der Waals surface area contributed by atoms with Gasteiger partial charge in [0.15, 0.2) is 0 Å². The Morgan fingerprint density at radius 1 is 0.773 bits per heavy atom. The Morgan fingerprint density at radius 3 is 1.50 bits per heavy atom. The van der Waals surface area contributed by atoms with Gasteiger partial charge in [0.1, 0.15) is 11.5 Å². The molecule has 0 atom stereocenters. The third-order valence-corrected chi connectivity index (χ3v) is 5.76. The molecule has 0 saturated carbocycles. The summed E-state index contributed by atoms with van der Waals surface area (Å²) in [4.78, 5) is 29.3. The van der Waals surface area contributed by atoms with Gasteiger partial charge < -0.3 is 35.1 Å². The van der Waals surface area contributed by atoms with E-state index in [1.54, 1.807) is 13.8 Å². The molecule has 1 heterocycles. The van der Waals surface area contributed by atoms with E-state index < -0.39 is 21.3 Å². The summed E-state index contributed by atoms with van der Waals surface area (Å²) in [5, 5.41) is 53.1. The second-order valence-electron chi connectivity index (χ2n) is 8.99. The number of aliphatic imine (C=N–C) groups is 2. The first-order valence-corrected chi connectivity index (χ1v) is 14.0. The van der Waals surface area contributed by atoms with E-state index in [4.69, 9.17) is 14.2 Å². The maximum atomic E-state index is 12.3. The second-order valence-corrected chi connectivity index (χ2v) is 8.99. The minimum atomic E-state index is -0.591. The van der Waals surface area contributed by atoms with Crippen LogP contribution in [0, 0.1) is 20.2 Å². The van der Waals surface area contributed by atoms with Gasteiger partial charge in [0.2, 0.25) is 0 Å². The van der Waals surface area contributed by atoms with Crippen LogP contribution in [-0.2, 0) is 21.8 Å². The molecule has 2 aromatic rings. The predicted octanol–water partition coefficient (Wildman–Crippen LogP) is 1.96. The van der Waals surface area contributed by atoms with Crippen LogP contribution >= 0.6 is 0 Å². The number of hydrogen-bond donors (Lipinski definition) is 2. The molecular weight excluding hydrogens is 620 g/mol. The van der Waals surface area contributed by atoms with E-state index in [0.717, 1.165) is 25.3 Å². The molecule has 1 fully saturated rings. The van der Waals surface area contributed by atoms with E-state index in [1.165, 1.54) is 37.4 Å². The van der Waals surface area contributed by atoms with Crippen molar-refractivity contribution in [2.45, 2.75) is 26.7 Å². The molecule has 0 unspecified atom stereocenters. The van der Waals surface area contributed by atoms with Crippen molar-refractivity contribution in [3.05, 3.63) is 55.6 Å². The average Bonchev–Trinajstić information content (AvgIpc) is 3.57. The van der Waals surface area contributed by atoms with Crippen LogP contribution in [0.15, 0.2) is 34.3 Å². The Kier molecular flexibility index (Phi) is 18.9. The zero-order chi connectivity index (χ0) is 31.5. The molecule has 16 heteroatoms. The normalized spacial score (nSPS) is 12.5. The van der Waals surface area contributed by atoms with Gasteiger partial charge in [-0.1, -0.05) is 11.5 Å². The van der Waals surface area contributed by atoms with Crippen molar-refractivity contribution in [3.8, 4) is 23.0 Å². The summed E-state index contributed by atoms with van der Waals surface area (Å²) in [6.45, 7) is 8.83. The van der Waals surface area contributed by atoms with Crippen LogP contribution in [0.3, 0.4) is 0 Å². The number of nitro benzene ring substituents is 2. The summed E-state index contributed by atoms with van der Waals surface area (Å²) in [6, 6.07) is 4.55. The molecule has 0 aromatic heterocycles. The number of rotatable bonds is 17. The first kappa shape index (κ1) is 38.2. The number of hydrogen-bond acceptors (Lipinski definition) is 13. The Balaban J connectivity index is 0.00000146. The Labute approximate surface area is 266 Å². The summed E-state index contributed by atoms with van der Waals surface area (Å²) >= 11 is 0. The van der Waals surface area contributed by atoms with Crippen molar-refractivity contribution >= 4 is 23.8 Å². The van der Waals surface area contributed by atoms with E-state index >= 15 is 0 Å². The molecule has 2 aromatic carbocycles. The number of nitrogens with one attached hydrogen (secondary N) is 2. The number of benzene rings is 2. The standard InChI is InChI=1S/C24H32N6O8.C4H8O.Fe/c1-3-37-21-13-19(29(33)34)11-17(23(21)31)15-27-9-7-25-5-6-26-8-10-28-16-18-12-20(30(35)36)14-22(24(18)32)38-4-2;1-2-4-5-3-1;/h11-16,25-26,31-32H,3-10H2,1-2H3;1-4H2;/q;;+4/p-2. The molecule has 0 amide bonds. The topological polar surface area (TPSA) is 209 Å². The summed E-state index contributed by atoms with van der Waals surface area (Å²) in [7, 11) is 0. The van der Waals surface area contributed by atoms with Crippen LogP contribution in [-0.4, -0.2) is 88.0 Å². The van der Waals surface area contributed by atoms with Gasteiger partial charge in [0.25, 0.3) is 11.4 Å². The van der Waals surface area contributed by atoms with Gasteiger partial charge >= 0.3 is 17.1 Å². The van der Waals surface area contributed by atoms with Crippen molar-refractivity contribution in [3.63, 3.8) is 0 Å². The Morgan fingerprint density at radius 2 is 1.18 bits per heavy atom. The molecule has 1 aliphatic rings. The van der Waals surface area contributed by atoms with E-state index in [9.17, 15) is 30.4 Å². The van der Waals surface area contributed by atoms with Gasteiger partial charge in [-0.15, -0.1) is 0 Å². The van der Waals surface area contributed by atoms with Crippen molar-refractivity contribution in [1.82, 2.24) is 10.6 Å². The van der Waals surface area contributed by atoms with Crippen LogP contribution in [0.25, 0.3) is 0 Å². The molecule has 15 nitrogen and oxygen atoms in total. The fraction of sp³-hybridized carbons (Fsp3) is 0.500. The first-order chi connectivity index (χ1) is 20.8. The van der Waals surface area contributed by atoms with Crippen molar-refractivity contribution in [1.29, 1.82) is 0 Å². The average molecular weight is 658 g/mol. The predicted molar refractivity (Wildman–Crippen MR) is 158 cm³/mol. The van der Waals surface area contributed by atoms with Crippen molar-refractivity contribution < 1.29 is 51.3 Å². The molecule has 0 radical (unpaired) electrons. The van der Waals surface area contributed by atoms with Gasteiger partial charge in [-0.2, -0.15) is 0 Å². The number of nitrogens with zero attached hydrogens (tertiary/aromatic N) is 4. The van der Waals surface area contributed by atoms with Crippen LogP contribution in [0.2, 0.25) is 0 Å². The molecule has 0 spiro atoms. The molecule has 2 N–H and O–H groups in total. The summed E-state index contributed by atoms with van der Waals surface area (Å²) < 4.78 is 15.3. The Hall–Kier alpha value is -3.82. The number of ether oxygens (including phenoxy) is 3. The van der Waals surface area contributed by atoms with Gasteiger partial charge in [0.05, 0.1) is 48.3 Å². The van der Waals surface area contributed by atoms with Crippen molar-refractivity contribution in [2.24, 2.45) is 9.98 Å². The van der Waals surface area contributed by atoms with E-state index in [2.05, 4.69) is 20.6 Å². The molecule has 1 saturated heterocycles. The summed E-state index contributed by atoms with van der Waals surface area (Å²) in [5.41, 5.74) is -0.296. The minimum Gasteiger partial charge on any atom is -0.870 e. The van der Waals surface area contributed by atoms with E-state index in [1.807, 2.05) is 0 Å². The fourth-order valence-electron chi connectivity index (χ4n) is 3.70. The minimum absolute atomic E-state index is 0. The molecule has 44 heavy (non-hydrogen) atoms. The fourth-order valence-corrected chi connectivity index (χ4v) is 3.70. The Bertz CT molecular complexity index is 1150. The molecule has 1 aliphatic heterocycles. The largest absolute Gasteiger partial charge is 4.00 e. The maximum absolute atomic E-state index is 12.3. The monoisotopic (exact) mass is 658 g/mol. The maximum Gasteiger partial charge on any atom is 4.00 e. The summed E-state index contributed by atoms with van der Waals surface area (Å²) in [5.74, 6) is -1.06. The quantitative estimate of drug-likeness (QED) is 0.0825. The van der Waals surface area contributed by atoms with Gasteiger partial charge in [-0.05, 0) is 37.8 Å².